The molecule has 0 saturated carbocycles. The molecule has 1 atom stereocenters. The zero-order valence-corrected chi connectivity index (χ0v) is 9.78. The molecule has 1 rings (SSSR count). The third kappa shape index (κ3) is 2.62. The van der Waals surface area contributed by atoms with Gasteiger partial charge in [-0.2, -0.15) is 0 Å². The smallest absolute Gasteiger partial charge is 0.315 e. The Morgan fingerprint density at radius 2 is 2.25 bits per heavy atom. The van der Waals surface area contributed by atoms with Crippen LogP contribution in [-0.2, 0) is 14.3 Å². The number of ether oxygens (including phenoxy) is 1. The summed E-state index contributed by atoms with van der Waals surface area (Å²) in [7, 11) is 0. The highest BCUT2D eigenvalue weighted by Gasteiger charge is 2.40. The molecule has 4 nitrogen and oxygen atoms in total. The van der Waals surface area contributed by atoms with Crippen LogP contribution < -0.4 is 0 Å². The molecule has 90 valence electrons. The van der Waals surface area contributed by atoms with Crippen LogP contribution in [0.1, 0.15) is 39.5 Å². The van der Waals surface area contributed by atoms with Crippen molar-refractivity contribution in [1.29, 1.82) is 0 Å². The van der Waals surface area contributed by atoms with Crippen molar-refractivity contribution in [2.75, 3.05) is 6.61 Å². The fourth-order valence-electron chi connectivity index (χ4n) is 2.07. The number of carbonyl (C=O) groups excluding carboxylic acids is 1. The van der Waals surface area contributed by atoms with Gasteiger partial charge in [0, 0.05) is 0 Å². The molecular weight excluding hydrogens is 208 g/mol. The van der Waals surface area contributed by atoms with Crippen molar-refractivity contribution < 1.29 is 19.4 Å². The molecule has 0 saturated heterocycles. The summed E-state index contributed by atoms with van der Waals surface area (Å²) >= 11 is 0. The Hall–Kier alpha value is -1.32. The van der Waals surface area contributed by atoms with E-state index in [2.05, 4.69) is 0 Å². The zero-order valence-electron chi connectivity index (χ0n) is 9.78. The van der Waals surface area contributed by atoms with Gasteiger partial charge in [0.1, 0.15) is 0 Å². The van der Waals surface area contributed by atoms with Crippen LogP contribution in [0.15, 0.2) is 11.6 Å². The predicted molar refractivity (Wildman–Crippen MR) is 58.9 cm³/mol. The standard InChI is InChI=1S/C12H18O4/c1-3-16-11(15)12(2)7-5-4-6-9(12)8-10(13)14/h6H,3-5,7-8H2,1-2H3,(H,13,14). The van der Waals surface area contributed by atoms with Gasteiger partial charge >= 0.3 is 11.9 Å². The first-order valence-electron chi connectivity index (χ1n) is 5.59. The number of hydrogen-bond donors (Lipinski definition) is 1. The highest BCUT2D eigenvalue weighted by Crippen LogP contribution is 2.40. The van der Waals surface area contributed by atoms with E-state index in [-0.39, 0.29) is 12.4 Å². The lowest BCUT2D eigenvalue weighted by molar-refractivity contribution is -0.153. The van der Waals surface area contributed by atoms with Gasteiger partial charge in [-0.25, -0.2) is 0 Å². The van der Waals surface area contributed by atoms with Gasteiger partial charge in [0.25, 0.3) is 0 Å². The number of allylic oxidation sites excluding steroid dienone is 1. The monoisotopic (exact) mass is 226 g/mol. The van der Waals surface area contributed by atoms with Crippen molar-refractivity contribution in [3.63, 3.8) is 0 Å². The first-order chi connectivity index (χ1) is 7.50. The van der Waals surface area contributed by atoms with Gasteiger partial charge < -0.3 is 9.84 Å². The van der Waals surface area contributed by atoms with E-state index in [0.717, 1.165) is 12.8 Å². The number of hydrogen-bond acceptors (Lipinski definition) is 3. The summed E-state index contributed by atoms with van der Waals surface area (Å²) in [5.41, 5.74) is -0.0585. The van der Waals surface area contributed by atoms with Crippen LogP contribution in [0.4, 0.5) is 0 Å². The maximum absolute atomic E-state index is 11.9. The van der Waals surface area contributed by atoms with Crippen LogP contribution in [0.25, 0.3) is 0 Å². The highest BCUT2D eigenvalue weighted by atomic mass is 16.5. The Balaban J connectivity index is 2.89. The normalized spacial score (nSPS) is 24.8. The molecule has 0 amide bonds. The molecule has 0 aliphatic heterocycles. The second-order valence-electron chi connectivity index (χ2n) is 4.24. The van der Waals surface area contributed by atoms with E-state index in [1.54, 1.807) is 13.8 Å². The van der Waals surface area contributed by atoms with Crippen molar-refractivity contribution in [2.24, 2.45) is 5.41 Å². The fourth-order valence-corrected chi connectivity index (χ4v) is 2.07. The quantitative estimate of drug-likeness (QED) is 0.589. The average molecular weight is 226 g/mol. The molecule has 0 heterocycles. The molecule has 1 aliphatic rings. The number of esters is 1. The number of carboxylic acid groups (broad SMARTS) is 1. The van der Waals surface area contributed by atoms with Crippen LogP contribution in [-0.4, -0.2) is 23.7 Å². The highest BCUT2D eigenvalue weighted by molar-refractivity contribution is 5.83. The minimum atomic E-state index is -0.899. The molecule has 0 fully saturated rings. The predicted octanol–water partition coefficient (Wildman–Crippen LogP) is 2.14. The zero-order chi connectivity index (χ0) is 12.2. The van der Waals surface area contributed by atoms with E-state index >= 15 is 0 Å². The van der Waals surface area contributed by atoms with E-state index in [0.29, 0.717) is 18.6 Å². The molecule has 1 aliphatic carbocycles. The molecular formula is C12H18O4. The third-order valence-corrected chi connectivity index (χ3v) is 3.05. The molecule has 0 aromatic carbocycles. The van der Waals surface area contributed by atoms with Gasteiger partial charge in [-0.15, -0.1) is 0 Å². The molecule has 4 heteroatoms. The van der Waals surface area contributed by atoms with Crippen molar-refractivity contribution in [3.8, 4) is 0 Å². The second kappa shape index (κ2) is 5.14. The third-order valence-electron chi connectivity index (χ3n) is 3.05. The van der Waals surface area contributed by atoms with E-state index < -0.39 is 11.4 Å². The van der Waals surface area contributed by atoms with Gasteiger partial charge in [0.05, 0.1) is 18.4 Å². The Kier molecular flexibility index (Phi) is 4.10. The molecule has 1 N–H and O–H groups in total. The topological polar surface area (TPSA) is 63.6 Å². The summed E-state index contributed by atoms with van der Waals surface area (Å²) in [6, 6.07) is 0. The van der Waals surface area contributed by atoms with Crippen LogP contribution in [0.3, 0.4) is 0 Å². The van der Waals surface area contributed by atoms with Crippen LogP contribution >= 0.6 is 0 Å². The van der Waals surface area contributed by atoms with Gasteiger partial charge in [0.15, 0.2) is 0 Å². The van der Waals surface area contributed by atoms with Crippen LogP contribution in [0.2, 0.25) is 0 Å². The number of carbonyl (C=O) groups is 2. The Morgan fingerprint density at radius 3 is 2.81 bits per heavy atom. The fraction of sp³-hybridized carbons (Fsp3) is 0.667. The van der Waals surface area contributed by atoms with Crippen molar-refractivity contribution in [3.05, 3.63) is 11.6 Å². The number of aliphatic carboxylic acids is 1. The summed E-state index contributed by atoms with van der Waals surface area (Å²) < 4.78 is 5.02. The lowest BCUT2D eigenvalue weighted by Gasteiger charge is -2.32. The lowest BCUT2D eigenvalue weighted by atomic mass is 9.73. The molecule has 0 aromatic rings. The van der Waals surface area contributed by atoms with Crippen LogP contribution in [0.5, 0.6) is 0 Å². The molecule has 0 spiro atoms. The van der Waals surface area contributed by atoms with Crippen molar-refractivity contribution in [2.45, 2.75) is 39.5 Å². The molecule has 0 aromatic heterocycles. The second-order valence-corrected chi connectivity index (χ2v) is 4.24. The summed E-state index contributed by atoms with van der Waals surface area (Å²) in [5, 5.41) is 8.82. The maximum Gasteiger partial charge on any atom is 0.315 e. The first kappa shape index (κ1) is 12.7. The van der Waals surface area contributed by atoms with Gasteiger partial charge in [-0.3, -0.25) is 9.59 Å². The lowest BCUT2D eigenvalue weighted by Crippen LogP contribution is -2.34. The van der Waals surface area contributed by atoms with Crippen LogP contribution in [0, 0.1) is 5.41 Å². The Bertz CT molecular complexity index is 319. The summed E-state index contributed by atoms with van der Waals surface area (Å²) in [5.74, 6) is -1.20. The number of carboxylic acids is 1. The van der Waals surface area contributed by atoms with E-state index in [1.165, 1.54) is 0 Å². The van der Waals surface area contributed by atoms with E-state index in [9.17, 15) is 9.59 Å². The SMILES string of the molecule is CCOC(=O)C1(C)CCCC=C1CC(=O)O. The first-order valence-corrected chi connectivity index (χ1v) is 5.59. The van der Waals surface area contributed by atoms with Crippen molar-refractivity contribution >= 4 is 11.9 Å². The van der Waals surface area contributed by atoms with Crippen molar-refractivity contribution in [1.82, 2.24) is 0 Å². The van der Waals surface area contributed by atoms with Gasteiger partial charge in [0.2, 0.25) is 0 Å². The minimum absolute atomic E-state index is 0.0741. The molecule has 0 radical (unpaired) electrons. The maximum atomic E-state index is 11.9. The molecule has 0 bridgehead atoms. The largest absolute Gasteiger partial charge is 0.481 e. The average Bonchev–Trinajstić information content (AvgIpc) is 2.21. The Morgan fingerprint density at radius 1 is 1.56 bits per heavy atom. The molecule has 16 heavy (non-hydrogen) atoms. The Labute approximate surface area is 95.3 Å². The summed E-state index contributed by atoms with van der Waals surface area (Å²) in [4.78, 5) is 22.6. The van der Waals surface area contributed by atoms with E-state index in [1.807, 2.05) is 6.08 Å². The van der Waals surface area contributed by atoms with E-state index in [4.69, 9.17) is 9.84 Å². The summed E-state index contributed by atoms with van der Waals surface area (Å²) in [6.45, 7) is 3.86. The van der Waals surface area contributed by atoms with Gasteiger partial charge in [-0.05, 0) is 38.7 Å². The number of rotatable bonds is 4. The molecule has 1 unspecified atom stereocenters. The summed E-state index contributed by atoms with van der Waals surface area (Å²) in [6.07, 6.45) is 4.21. The minimum Gasteiger partial charge on any atom is -0.481 e. The van der Waals surface area contributed by atoms with Gasteiger partial charge in [-0.1, -0.05) is 6.08 Å².